The van der Waals surface area contributed by atoms with Crippen LogP contribution in [0.1, 0.15) is 6.42 Å². The van der Waals surface area contributed by atoms with Crippen molar-refractivity contribution in [2.45, 2.75) is 12.3 Å². The molecule has 10 heteroatoms. The normalized spacial score (nSPS) is 16.3. The molecule has 1 aromatic carbocycles. The van der Waals surface area contributed by atoms with Crippen LogP contribution in [0.5, 0.6) is 0 Å². The van der Waals surface area contributed by atoms with Gasteiger partial charge >= 0.3 is 0 Å². The molecule has 26 heavy (non-hydrogen) atoms. The molecule has 0 spiro atoms. The number of hydrogen-bond acceptors (Lipinski definition) is 4. The van der Waals surface area contributed by atoms with Gasteiger partial charge in [-0.15, -0.1) is 0 Å². The Kier molecular flexibility index (Phi) is 7.33. The topological polar surface area (TPSA) is 59.6 Å². The van der Waals surface area contributed by atoms with Crippen LogP contribution in [-0.4, -0.2) is 32.2 Å². The molecule has 0 heterocycles. The van der Waals surface area contributed by atoms with Gasteiger partial charge in [-0.05, 0) is 46.9 Å². The smallest absolute Gasteiger partial charge is 0.276 e. The van der Waals surface area contributed by atoms with Gasteiger partial charge in [-0.3, -0.25) is 9.63 Å². The molecule has 1 aliphatic carbocycles. The number of hydrogen-bond donors (Lipinski definition) is 2. The van der Waals surface area contributed by atoms with Crippen LogP contribution in [0.15, 0.2) is 41.4 Å². The standard InChI is InChI=1S/C16H15ClF3IN2O3/c1-25-4-5-26-23-15(24)10-7-16(19,20)8-12(18)14(10)22-13-3-2-9(21)6-11(13)17/h2-3,6-7,22H,4-5,8H2,1H3,(H,23,24). The highest BCUT2D eigenvalue weighted by atomic mass is 127. The molecule has 0 atom stereocenters. The maximum Gasteiger partial charge on any atom is 0.276 e. The molecule has 1 aliphatic rings. The quantitative estimate of drug-likeness (QED) is 0.333. The van der Waals surface area contributed by atoms with E-state index in [9.17, 15) is 18.0 Å². The number of ether oxygens (including phenoxy) is 1. The lowest BCUT2D eigenvalue weighted by atomic mass is 9.98. The van der Waals surface area contributed by atoms with Gasteiger partial charge in [-0.2, -0.15) is 0 Å². The first-order valence-electron chi connectivity index (χ1n) is 7.36. The number of anilines is 1. The Hall–Kier alpha value is -1.30. The number of benzene rings is 1. The van der Waals surface area contributed by atoms with Crippen molar-refractivity contribution in [1.29, 1.82) is 0 Å². The number of nitrogens with one attached hydrogen (secondary N) is 2. The third-order valence-corrected chi connectivity index (χ3v) is 4.26. The lowest BCUT2D eigenvalue weighted by Crippen LogP contribution is -2.33. The fourth-order valence-corrected chi connectivity index (χ4v) is 3.02. The second-order valence-corrected chi connectivity index (χ2v) is 6.95. The van der Waals surface area contributed by atoms with E-state index in [1.807, 2.05) is 28.1 Å². The van der Waals surface area contributed by atoms with Gasteiger partial charge in [-0.1, -0.05) is 11.6 Å². The van der Waals surface area contributed by atoms with Crippen LogP contribution in [0.25, 0.3) is 0 Å². The Morgan fingerprint density at radius 2 is 2.12 bits per heavy atom. The number of amides is 1. The van der Waals surface area contributed by atoms with Crippen molar-refractivity contribution in [1.82, 2.24) is 5.48 Å². The Morgan fingerprint density at radius 3 is 2.77 bits per heavy atom. The van der Waals surface area contributed by atoms with E-state index in [1.165, 1.54) is 7.11 Å². The average molecular weight is 503 g/mol. The molecule has 0 radical (unpaired) electrons. The van der Waals surface area contributed by atoms with Crippen molar-refractivity contribution in [3.8, 4) is 0 Å². The highest BCUT2D eigenvalue weighted by Gasteiger charge is 2.38. The Balaban J connectivity index is 2.25. The summed E-state index contributed by atoms with van der Waals surface area (Å²) >= 11 is 8.12. The first-order chi connectivity index (χ1) is 12.2. The maximum absolute atomic E-state index is 14.3. The zero-order valence-corrected chi connectivity index (χ0v) is 16.5. The molecule has 0 fully saturated rings. The third-order valence-electron chi connectivity index (χ3n) is 3.28. The number of halogens is 5. The summed E-state index contributed by atoms with van der Waals surface area (Å²) in [6.45, 7) is 0.187. The molecule has 1 aromatic rings. The second-order valence-electron chi connectivity index (χ2n) is 5.30. The summed E-state index contributed by atoms with van der Waals surface area (Å²) in [6, 6.07) is 4.86. The van der Waals surface area contributed by atoms with Crippen LogP contribution < -0.4 is 10.8 Å². The molecule has 0 aromatic heterocycles. The lowest BCUT2D eigenvalue weighted by molar-refractivity contribution is -0.130. The van der Waals surface area contributed by atoms with Gasteiger partial charge in [0, 0.05) is 10.7 Å². The lowest BCUT2D eigenvalue weighted by Gasteiger charge is -2.24. The summed E-state index contributed by atoms with van der Waals surface area (Å²) in [7, 11) is 1.43. The molecule has 2 rings (SSSR count). The Morgan fingerprint density at radius 1 is 1.38 bits per heavy atom. The van der Waals surface area contributed by atoms with E-state index in [1.54, 1.807) is 18.2 Å². The van der Waals surface area contributed by atoms with E-state index in [4.69, 9.17) is 21.2 Å². The largest absolute Gasteiger partial charge is 0.382 e. The minimum atomic E-state index is -3.50. The number of carbonyl (C=O) groups is 1. The summed E-state index contributed by atoms with van der Waals surface area (Å²) in [5.41, 5.74) is 1.31. The molecular weight excluding hydrogens is 488 g/mol. The van der Waals surface area contributed by atoms with Gasteiger partial charge in [0.1, 0.15) is 5.83 Å². The molecular formula is C16H15ClF3IN2O3. The number of methoxy groups -OCH3 is 1. The molecule has 0 bridgehead atoms. The van der Waals surface area contributed by atoms with Crippen LogP contribution in [0.4, 0.5) is 18.9 Å². The third kappa shape index (κ3) is 5.60. The zero-order valence-electron chi connectivity index (χ0n) is 13.5. The van der Waals surface area contributed by atoms with Crippen molar-refractivity contribution in [2.75, 3.05) is 25.6 Å². The minimum absolute atomic E-state index is 0.00379. The van der Waals surface area contributed by atoms with Gasteiger partial charge < -0.3 is 10.1 Å². The van der Waals surface area contributed by atoms with Gasteiger partial charge in [0.15, 0.2) is 0 Å². The van der Waals surface area contributed by atoms with Crippen LogP contribution in [0.2, 0.25) is 5.02 Å². The van der Waals surface area contributed by atoms with Crippen molar-refractivity contribution in [2.24, 2.45) is 0 Å². The van der Waals surface area contributed by atoms with Gasteiger partial charge in [0.25, 0.3) is 11.8 Å². The fourth-order valence-electron chi connectivity index (χ4n) is 2.11. The van der Waals surface area contributed by atoms with Gasteiger partial charge in [-0.25, -0.2) is 18.7 Å². The van der Waals surface area contributed by atoms with Crippen molar-refractivity contribution in [3.63, 3.8) is 0 Å². The summed E-state index contributed by atoms with van der Waals surface area (Å²) in [6.07, 6.45) is -0.757. The first kappa shape index (κ1) is 21.0. The number of alkyl halides is 2. The second kappa shape index (κ2) is 9.07. The monoisotopic (exact) mass is 502 g/mol. The SMILES string of the molecule is COCCONC(=O)C1=CC(F)(F)CC(F)=C1Nc1ccc(I)cc1Cl. The van der Waals surface area contributed by atoms with Gasteiger partial charge in [0.05, 0.1) is 41.6 Å². The Bertz CT molecular complexity index is 756. The van der Waals surface area contributed by atoms with Crippen molar-refractivity contribution >= 4 is 45.8 Å². The molecule has 5 nitrogen and oxygen atoms in total. The number of allylic oxidation sites excluding steroid dienone is 2. The van der Waals surface area contributed by atoms with Crippen LogP contribution in [0.3, 0.4) is 0 Å². The van der Waals surface area contributed by atoms with Crippen LogP contribution in [-0.2, 0) is 14.4 Å². The number of rotatable bonds is 7. The highest BCUT2D eigenvalue weighted by molar-refractivity contribution is 14.1. The molecule has 2 N–H and O–H groups in total. The first-order valence-corrected chi connectivity index (χ1v) is 8.82. The predicted molar refractivity (Wildman–Crippen MR) is 99.5 cm³/mol. The van der Waals surface area contributed by atoms with Crippen molar-refractivity contribution < 1.29 is 27.5 Å². The van der Waals surface area contributed by atoms with Crippen LogP contribution >= 0.6 is 34.2 Å². The molecule has 0 unspecified atom stereocenters. The molecule has 142 valence electrons. The zero-order chi connectivity index (χ0) is 19.3. The van der Waals surface area contributed by atoms with E-state index in [2.05, 4.69) is 5.32 Å². The van der Waals surface area contributed by atoms with Gasteiger partial charge in [0.2, 0.25) is 0 Å². The molecule has 0 saturated heterocycles. The summed E-state index contributed by atoms with van der Waals surface area (Å²) in [4.78, 5) is 17.0. The van der Waals surface area contributed by atoms with E-state index in [0.717, 1.165) is 3.57 Å². The summed E-state index contributed by atoms with van der Waals surface area (Å²) in [5.74, 6) is -5.67. The molecule has 0 saturated carbocycles. The Labute approximate surface area is 166 Å². The number of hydroxylamine groups is 1. The fraction of sp³-hybridized carbons (Fsp3) is 0.312. The molecule has 1 amide bonds. The van der Waals surface area contributed by atoms with E-state index in [-0.39, 0.29) is 29.6 Å². The predicted octanol–water partition coefficient (Wildman–Crippen LogP) is 4.20. The summed E-state index contributed by atoms with van der Waals surface area (Å²) in [5, 5.41) is 2.88. The summed E-state index contributed by atoms with van der Waals surface area (Å²) < 4.78 is 47.3. The van der Waals surface area contributed by atoms with E-state index >= 15 is 0 Å². The molecule has 0 aliphatic heterocycles. The maximum atomic E-state index is 14.3. The van der Waals surface area contributed by atoms with E-state index in [0.29, 0.717) is 6.08 Å². The highest BCUT2D eigenvalue weighted by Crippen LogP contribution is 2.37. The minimum Gasteiger partial charge on any atom is -0.382 e. The van der Waals surface area contributed by atoms with E-state index < -0.39 is 29.7 Å². The number of carbonyl (C=O) groups excluding carboxylic acids is 1. The average Bonchev–Trinajstić information content (AvgIpc) is 2.55. The van der Waals surface area contributed by atoms with Crippen LogP contribution in [0, 0.1) is 3.57 Å². The van der Waals surface area contributed by atoms with Crippen molar-refractivity contribution in [3.05, 3.63) is 50.0 Å².